The summed E-state index contributed by atoms with van der Waals surface area (Å²) in [5.41, 5.74) is 1.87. The number of hydrogen-bond acceptors (Lipinski definition) is 8. The molecule has 1 amide bonds. The summed E-state index contributed by atoms with van der Waals surface area (Å²) in [4.78, 5) is 12.5. The Morgan fingerprint density at radius 1 is 1.05 bits per heavy atom. The summed E-state index contributed by atoms with van der Waals surface area (Å²) in [6, 6.07) is 15.3. The molecule has 8 nitrogen and oxygen atoms in total. The van der Waals surface area contributed by atoms with Crippen molar-refractivity contribution in [3.63, 3.8) is 0 Å². The van der Waals surface area contributed by atoms with Gasteiger partial charge >= 0.3 is 0 Å². The highest BCUT2D eigenvalue weighted by atomic mass is 32.1. The molecule has 1 unspecified atom stereocenters. The Balaban J connectivity index is 1.61. The van der Waals surface area contributed by atoms with Crippen molar-refractivity contribution in [1.82, 2.24) is 10.2 Å². The SMILES string of the molecule is CCOc1cc(C=C(C#N)C(=O)Nc2nnc(CC)s2)ccc1OCCOc1ccc(C(C)CC)cc1. The molecule has 3 aromatic rings. The van der Waals surface area contributed by atoms with Gasteiger partial charge in [0.05, 0.1) is 6.61 Å². The second-order valence-corrected chi connectivity index (χ2v) is 9.25. The summed E-state index contributed by atoms with van der Waals surface area (Å²) in [5, 5.41) is 21.2. The van der Waals surface area contributed by atoms with Gasteiger partial charge in [0.15, 0.2) is 11.5 Å². The van der Waals surface area contributed by atoms with E-state index in [0.717, 1.165) is 23.6 Å². The van der Waals surface area contributed by atoms with Crippen LogP contribution in [-0.4, -0.2) is 35.9 Å². The van der Waals surface area contributed by atoms with Gasteiger partial charge in [-0.3, -0.25) is 10.1 Å². The number of carbonyl (C=O) groups is 1. The molecule has 0 saturated heterocycles. The predicted octanol–water partition coefficient (Wildman–Crippen LogP) is 6.02. The van der Waals surface area contributed by atoms with Crippen molar-refractivity contribution in [1.29, 1.82) is 5.26 Å². The molecule has 0 radical (unpaired) electrons. The third-order valence-electron chi connectivity index (χ3n) is 5.60. The van der Waals surface area contributed by atoms with Gasteiger partial charge in [0.1, 0.15) is 35.6 Å². The first-order valence-corrected chi connectivity index (χ1v) is 13.2. The monoisotopic (exact) mass is 520 g/mol. The second-order valence-electron chi connectivity index (χ2n) is 8.19. The molecule has 9 heteroatoms. The summed E-state index contributed by atoms with van der Waals surface area (Å²) in [6.07, 6.45) is 3.32. The van der Waals surface area contributed by atoms with E-state index in [-0.39, 0.29) is 5.57 Å². The van der Waals surface area contributed by atoms with Crippen molar-refractivity contribution in [2.75, 3.05) is 25.1 Å². The smallest absolute Gasteiger partial charge is 0.268 e. The Kier molecular flexibility index (Phi) is 10.5. The number of hydrogen-bond donors (Lipinski definition) is 1. The molecule has 0 fully saturated rings. The fraction of sp³-hybridized carbons (Fsp3) is 0.357. The summed E-state index contributed by atoms with van der Waals surface area (Å²) >= 11 is 1.28. The first-order valence-electron chi connectivity index (χ1n) is 12.3. The molecule has 1 N–H and O–H groups in total. The number of carbonyl (C=O) groups excluding carboxylic acids is 1. The van der Waals surface area contributed by atoms with E-state index < -0.39 is 5.91 Å². The summed E-state index contributed by atoms with van der Waals surface area (Å²) in [5.74, 6) is 1.84. The molecule has 2 aromatic carbocycles. The Hall–Kier alpha value is -3.90. The van der Waals surface area contributed by atoms with Gasteiger partial charge in [-0.15, -0.1) is 10.2 Å². The maximum Gasteiger partial charge on any atom is 0.268 e. The molecule has 37 heavy (non-hydrogen) atoms. The lowest BCUT2D eigenvalue weighted by molar-refractivity contribution is -0.112. The number of aromatic nitrogens is 2. The number of amides is 1. The molecule has 0 bridgehead atoms. The Bertz CT molecular complexity index is 1250. The lowest BCUT2D eigenvalue weighted by Gasteiger charge is -2.14. The van der Waals surface area contributed by atoms with E-state index in [4.69, 9.17) is 14.2 Å². The maximum atomic E-state index is 12.5. The van der Waals surface area contributed by atoms with Gasteiger partial charge in [0.25, 0.3) is 5.91 Å². The van der Waals surface area contributed by atoms with Crippen LogP contribution in [0.5, 0.6) is 17.2 Å². The largest absolute Gasteiger partial charge is 0.490 e. The normalized spacial score (nSPS) is 11.9. The van der Waals surface area contributed by atoms with Crippen LogP contribution in [0.2, 0.25) is 0 Å². The van der Waals surface area contributed by atoms with Gasteiger partial charge in [0, 0.05) is 0 Å². The van der Waals surface area contributed by atoms with Crippen LogP contribution in [0.25, 0.3) is 6.08 Å². The Morgan fingerprint density at radius 3 is 2.46 bits per heavy atom. The topological polar surface area (TPSA) is 106 Å². The minimum atomic E-state index is -0.547. The Labute approximate surface area is 221 Å². The minimum Gasteiger partial charge on any atom is -0.490 e. The number of benzene rings is 2. The number of ether oxygens (including phenoxy) is 3. The molecule has 1 aromatic heterocycles. The standard InChI is InChI=1S/C28H32N4O4S/c1-5-19(4)21-9-11-23(12-10-21)35-14-15-36-24-13-8-20(17-25(24)34-7-3)16-22(18-29)27(33)30-28-32-31-26(6-2)37-28/h8-13,16-17,19H,5-7,14-15H2,1-4H3,(H,30,32,33). The first-order chi connectivity index (χ1) is 18.0. The van der Waals surface area contributed by atoms with E-state index in [9.17, 15) is 10.1 Å². The zero-order chi connectivity index (χ0) is 26.6. The molecule has 0 saturated carbocycles. The molecule has 0 aliphatic heterocycles. The minimum absolute atomic E-state index is 0.0582. The average molecular weight is 521 g/mol. The average Bonchev–Trinajstić information content (AvgIpc) is 3.38. The second kappa shape index (κ2) is 14.0. The highest BCUT2D eigenvalue weighted by molar-refractivity contribution is 7.15. The third kappa shape index (κ3) is 8.05. The van der Waals surface area contributed by atoms with Crippen molar-refractivity contribution in [2.24, 2.45) is 0 Å². The molecule has 1 heterocycles. The van der Waals surface area contributed by atoms with E-state index in [1.807, 2.05) is 32.0 Å². The van der Waals surface area contributed by atoms with Crippen LogP contribution in [0.15, 0.2) is 48.0 Å². The van der Waals surface area contributed by atoms with Crippen molar-refractivity contribution >= 4 is 28.5 Å². The van der Waals surface area contributed by atoms with Gasteiger partial charge in [0.2, 0.25) is 5.13 Å². The van der Waals surface area contributed by atoms with Crippen LogP contribution >= 0.6 is 11.3 Å². The van der Waals surface area contributed by atoms with Crippen LogP contribution < -0.4 is 19.5 Å². The van der Waals surface area contributed by atoms with Gasteiger partial charge in [-0.2, -0.15) is 5.26 Å². The number of nitriles is 1. The van der Waals surface area contributed by atoms with E-state index in [2.05, 4.69) is 41.5 Å². The van der Waals surface area contributed by atoms with Crippen LogP contribution in [0.4, 0.5) is 5.13 Å². The number of anilines is 1. The maximum absolute atomic E-state index is 12.5. The van der Waals surface area contributed by atoms with Crippen molar-refractivity contribution in [3.8, 4) is 23.3 Å². The van der Waals surface area contributed by atoms with Crippen LogP contribution in [-0.2, 0) is 11.2 Å². The Morgan fingerprint density at radius 2 is 1.81 bits per heavy atom. The molecular weight excluding hydrogens is 488 g/mol. The van der Waals surface area contributed by atoms with Crippen molar-refractivity contribution in [3.05, 3.63) is 64.2 Å². The molecule has 0 spiro atoms. The van der Waals surface area contributed by atoms with E-state index in [0.29, 0.717) is 47.9 Å². The molecule has 1 atom stereocenters. The molecule has 0 aliphatic carbocycles. The van der Waals surface area contributed by atoms with Gasteiger partial charge < -0.3 is 14.2 Å². The number of aryl methyl sites for hydroxylation is 1. The van der Waals surface area contributed by atoms with Gasteiger partial charge in [-0.05, 0) is 67.2 Å². The summed E-state index contributed by atoms with van der Waals surface area (Å²) in [6.45, 7) is 9.35. The van der Waals surface area contributed by atoms with Crippen molar-refractivity contribution < 1.29 is 19.0 Å². The fourth-order valence-electron chi connectivity index (χ4n) is 3.37. The zero-order valence-corrected chi connectivity index (χ0v) is 22.4. The highest BCUT2D eigenvalue weighted by Gasteiger charge is 2.14. The van der Waals surface area contributed by atoms with Crippen LogP contribution in [0, 0.1) is 11.3 Å². The van der Waals surface area contributed by atoms with E-state index in [1.54, 1.807) is 18.2 Å². The van der Waals surface area contributed by atoms with Crippen LogP contribution in [0.3, 0.4) is 0 Å². The van der Waals surface area contributed by atoms with Gasteiger partial charge in [-0.1, -0.05) is 50.3 Å². The molecule has 3 rings (SSSR count). The quantitative estimate of drug-likeness (QED) is 0.167. The van der Waals surface area contributed by atoms with E-state index in [1.165, 1.54) is 23.0 Å². The lowest BCUT2D eigenvalue weighted by Crippen LogP contribution is -2.13. The number of nitrogens with one attached hydrogen (secondary N) is 1. The van der Waals surface area contributed by atoms with Crippen molar-refractivity contribution in [2.45, 2.75) is 46.5 Å². The highest BCUT2D eigenvalue weighted by Crippen LogP contribution is 2.30. The molecular formula is C28H32N4O4S. The molecule has 194 valence electrons. The number of nitrogens with zero attached hydrogens (tertiary/aromatic N) is 3. The number of rotatable bonds is 13. The summed E-state index contributed by atoms with van der Waals surface area (Å²) < 4.78 is 17.4. The fourth-order valence-corrected chi connectivity index (χ4v) is 4.04. The van der Waals surface area contributed by atoms with Crippen LogP contribution in [0.1, 0.15) is 56.2 Å². The lowest BCUT2D eigenvalue weighted by atomic mass is 9.99. The third-order valence-corrected chi connectivity index (χ3v) is 6.59. The molecule has 0 aliphatic rings. The zero-order valence-electron chi connectivity index (χ0n) is 21.6. The summed E-state index contributed by atoms with van der Waals surface area (Å²) in [7, 11) is 0. The van der Waals surface area contributed by atoms with Gasteiger partial charge in [-0.25, -0.2) is 0 Å². The predicted molar refractivity (Wildman–Crippen MR) is 145 cm³/mol. The first kappa shape index (κ1) is 27.7. The van der Waals surface area contributed by atoms with E-state index >= 15 is 0 Å².